The molecule has 110 valence electrons. The smallest absolute Gasteiger partial charge is 0.326 e. The molecule has 0 aromatic heterocycles. The van der Waals surface area contributed by atoms with Crippen LogP contribution in [0.1, 0.15) is 12.0 Å². The first-order valence-corrected chi connectivity index (χ1v) is 6.68. The van der Waals surface area contributed by atoms with Gasteiger partial charge < -0.3 is 15.2 Å². The zero-order chi connectivity index (χ0) is 15.1. The van der Waals surface area contributed by atoms with Gasteiger partial charge in [0.25, 0.3) is 0 Å². The molecule has 0 aliphatic carbocycles. The van der Waals surface area contributed by atoms with Crippen molar-refractivity contribution >= 4 is 27.8 Å². The summed E-state index contributed by atoms with van der Waals surface area (Å²) in [4.78, 5) is 22.7. The van der Waals surface area contributed by atoms with Gasteiger partial charge in [-0.3, -0.25) is 4.79 Å². The summed E-state index contributed by atoms with van der Waals surface area (Å²) in [6.45, 7) is 0.235. The number of methoxy groups -OCH3 is 1. The maximum absolute atomic E-state index is 13.1. The average Bonchev–Trinajstić information content (AvgIpc) is 2.38. The number of carboxylic acid groups (broad SMARTS) is 1. The van der Waals surface area contributed by atoms with Crippen molar-refractivity contribution in [3.63, 3.8) is 0 Å². The summed E-state index contributed by atoms with van der Waals surface area (Å²) in [7, 11) is 1.46. The third-order valence-electron chi connectivity index (χ3n) is 2.59. The highest BCUT2D eigenvalue weighted by Gasteiger charge is 2.19. The van der Waals surface area contributed by atoms with Gasteiger partial charge in [-0.1, -0.05) is 6.07 Å². The molecule has 0 heterocycles. The lowest BCUT2D eigenvalue weighted by Crippen LogP contribution is -2.42. The number of hydrogen-bond acceptors (Lipinski definition) is 3. The van der Waals surface area contributed by atoms with Crippen molar-refractivity contribution in [2.75, 3.05) is 13.7 Å². The van der Waals surface area contributed by atoms with E-state index in [4.69, 9.17) is 9.84 Å². The maximum atomic E-state index is 13.1. The van der Waals surface area contributed by atoms with Gasteiger partial charge in [0.1, 0.15) is 11.9 Å². The summed E-state index contributed by atoms with van der Waals surface area (Å²) in [6, 6.07) is 3.21. The largest absolute Gasteiger partial charge is 0.480 e. The lowest BCUT2D eigenvalue weighted by atomic mass is 10.1. The average molecular weight is 348 g/mol. The number of carbonyl (C=O) groups is 2. The van der Waals surface area contributed by atoms with Gasteiger partial charge in [0.15, 0.2) is 0 Å². The Kier molecular flexibility index (Phi) is 6.60. The number of ether oxygens (including phenoxy) is 1. The van der Waals surface area contributed by atoms with Gasteiger partial charge in [0.2, 0.25) is 5.91 Å². The van der Waals surface area contributed by atoms with Gasteiger partial charge in [-0.25, -0.2) is 9.18 Å². The van der Waals surface area contributed by atoms with Gasteiger partial charge >= 0.3 is 5.97 Å². The van der Waals surface area contributed by atoms with E-state index in [1.807, 2.05) is 0 Å². The van der Waals surface area contributed by atoms with Crippen LogP contribution < -0.4 is 5.32 Å². The van der Waals surface area contributed by atoms with Crippen molar-refractivity contribution in [2.24, 2.45) is 0 Å². The first-order valence-electron chi connectivity index (χ1n) is 5.89. The minimum Gasteiger partial charge on any atom is -0.480 e. The molecule has 1 unspecified atom stereocenters. The van der Waals surface area contributed by atoms with Crippen LogP contribution in [-0.2, 0) is 20.7 Å². The van der Waals surface area contributed by atoms with Crippen LogP contribution in [0.2, 0.25) is 0 Å². The Balaban J connectivity index is 2.60. The van der Waals surface area contributed by atoms with Crippen molar-refractivity contribution in [3.8, 4) is 0 Å². The lowest BCUT2D eigenvalue weighted by Gasteiger charge is -2.14. The van der Waals surface area contributed by atoms with Crippen LogP contribution in [0.4, 0.5) is 4.39 Å². The standard InChI is InChI=1S/C13H15BrFNO4/c1-20-5-4-11(13(18)19)16-12(17)7-8-2-3-10(15)9(14)6-8/h2-3,6,11H,4-5,7H2,1H3,(H,16,17)(H,18,19). The third kappa shape index (κ3) is 5.26. The van der Waals surface area contributed by atoms with Gasteiger partial charge in [0, 0.05) is 20.1 Å². The SMILES string of the molecule is COCCC(NC(=O)Cc1ccc(F)c(Br)c1)C(=O)O. The highest BCUT2D eigenvalue weighted by molar-refractivity contribution is 9.10. The Morgan fingerprint density at radius 2 is 2.20 bits per heavy atom. The second-order valence-electron chi connectivity index (χ2n) is 4.17. The van der Waals surface area contributed by atoms with Gasteiger partial charge in [-0.15, -0.1) is 0 Å². The molecule has 2 N–H and O–H groups in total. The van der Waals surface area contributed by atoms with Crippen LogP contribution in [-0.4, -0.2) is 36.7 Å². The molecule has 20 heavy (non-hydrogen) atoms. The Hall–Kier alpha value is -1.47. The van der Waals surface area contributed by atoms with Gasteiger partial charge in [0.05, 0.1) is 10.9 Å². The van der Waals surface area contributed by atoms with Gasteiger partial charge in [-0.05, 0) is 33.6 Å². The number of aliphatic carboxylic acids is 1. The highest BCUT2D eigenvalue weighted by Crippen LogP contribution is 2.17. The topological polar surface area (TPSA) is 75.6 Å². The molecule has 1 rings (SSSR count). The van der Waals surface area contributed by atoms with Crippen molar-refractivity contribution in [3.05, 3.63) is 34.1 Å². The molecular weight excluding hydrogens is 333 g/mol. The second-order valence-corrected chi connectivity index (χ2v) is 5.02. The molecule has 7 heteroatoms. The molecule has 0 radical (unpaired) electrons. The number of halogens is 2. The molecule has 5 nitrogen and oxygen atoms in total. The summed E-state index contributed by atoms with van der Waals surface area (Å²) in [5.74, 6) is -1.97. The van der Waals surface area contributed by atoms with E-state index in [2.05, 4.69) is 21.2 Å². The molecule has 0 fully saturated rings. The van der Waals surface area contributed by atoms with Crippen LogP contribution >= 0.6 is 15.9 Å². The molecule has 1 aromatic carbocycles. The number of carbonyl (C=O) groups excluding carboxylic acids is 1. The number of rotatable bonds is 7. The van der Waals surface area contributed by atoms with E-state index in [-0.39, 0.29) is 23.9 Å². The first kappa shape index (κ1) is 16.6. The molecule has 1 amide bonds. The van der Waals surface area contributed by atoms with E-state index >= 15 is 0 Å². The summed E-state index contributed by atoms with van der Waals surface area (Å²) in [6.07, 6.45) is 0.167. The summed E-state index contributed by atoms with van der Waals surface area (Å²) in [5, 5.41) is 11.4. The molecule has 0 saturated carbocycles. The van der Waals surface area contributed by atoms with E-state index in [1.165, 1.54) is 25.3 Å². The van der Waals surface area contributed by atoms with Crippen LogP contribution in [0.15, 0.2) is 22.7 Å². The predicted octanol–water partition coefficient (Wildman–Crippen LogP) is 1.74. The Labute approximate surface area is 124 Å². The Morgan fingerprint density at radius 3 is 2.75 bits per heavy atom. The van der Waals surface area contributed by atoms with Crippen molar-refractivity contribution < 1.29 is 23.8 Å². The van der Waals surface area contributed by atoms with Crippen LogP contribution in [0.5, 0.6) is 0 Å². The van der Waals surface area contributed by atoms with E-state index in [1.54, 1.807) is 0 Å². The second kappa shape index (κ2) is 7.96. The quantitative estimate of drug-likeness (QED) is 0.787. The number of hydrogen-bond donors (Lipinski definition) is 2. The highest BCUT2D eigenvalue weighted by atomic mass is 79.9. The number of nitrogens with one attached hydrogen (secondary N) is 1. The lowest BCUT2D eigenvalue weighted by molar-refractivity contribution is -0.142. The molecule has 0 aliphatic rings. The van der Waals surface area contributed by atoms with Crippen LogP contribution in [0.3, 0.4) is 0 Å². The van der Waals surface area contributed by atoms with Crippen molar-refractivity contribution in [2.45, 2.75) is 18.9 Å². The molecular formula is C13H15BrFNO4. The van der Waals surface area contributed by atoms with Crippen LogP contribution in [0, 0.1) is 5.82 Å². The number of carboxylic acids is 1. The fourth-order valence-electron chi connectivity index (χ4n) is 1.57. The van der Waals surface area contributed by atoms with E-state index in [0.29, 0.717) is 5.56 Å². The summed E-state index contributed by atoms with van der Waals surface area (Å²) in [5.41, 5.74) is 0.589. The maximum Gasteiger partial charge on any atom is 0.326 e. The number of amides is 1. The minimum absolute atomic E-state index is 0.0182. The molecule has 0 spiro atoms. The molecule has 0 saturated heterocycles. The Morgan fingerprint density at radius 1 is 1.50 bits per heavy atom. The normalized spacial score (nSPS) is 11.9. The van der Waals surface area contributed by atoms with Crippen LogP contribution in [0.25, 0.3) is 0 Å². The summed E-state index contributed by atoms with van der Waals surface area (Å²) >= 11 is 3.03. The number of benzene rings is 1. The van der Waals surface area contributed by atoms with Crippen molar-refractivity contribution in [1.82, 2.24) is 5.32 Å². The monoisotopic (exact) mass is 347 g/mol. The fourth-order valence-corrected chi connectivity index (χ4v) is 2.00. The summed E-state index contributed by atoms with van der Waals surface area (Å²) < 4.78 is 18.1. The molecule has 0 bridgehead atoms. The Bertz CT molecular complexity index is 495. The zero-order valence-electron chi connectivity index (χ0n) is 10.9. The molecule has 1 aromatic rings. The minimum atomic E-state index is -1.12. The fraction of sp³-hybridized carbons (Fsp3) is 0.385. The van der Waals surface area contributed by atoms with Crippen molar-refractivity contribution in [1.29, 1.82) is 0 Å². The zero-order valence-corrected chi connectivity index (χ0v) is 12.4. The first-order chi connectivity index (χ1) is 9.43. The van der Waals surface area contributed by atoms with E-state index < -0.39 is 23.7 Å². The van der Waals surface area contributed by atoms with E-state index in [9.17, 15) is 14.0 Å². The molecule has 1 atom stereocenters. The third-order valence-corrected chi connectivity index (χ3v) is 3.20. The van der Waals surface area contributed by atoms with E-state index in [0.717, 1.165) is 0 Å². The van der Waals surface area contributed by atoms with Gasteiger partial charge in [-0.2, -0.15) is 0 Å². The molecule has 0 aliphatic heterocycles. The predicted molar refractivity (Wildman–Crippen MR) is 73.9 cm³/mol.